The molecule has 0 fully saturated rings. The highest BCUT2D eigenvalue weighted by Crippen LogP contribution is 2.33. The Labute approximate surface area is 114 Å². The molecular weight excluding hydrogens is 298 g/mol. The summed E-state index contributed by atoms with van der Waals surface area (Å²) >= 11 is 5.19. The highest BCUT2D eigenvalue weighted by molar-refractivity contribution is 9.10. The van der Waals surface area contributed by atoms with Crippen LogP contribution in [0.3, 0.4) is 0 Å². The maximum Gasteiger partial charge on any atom is 0.169 e. The number of halogens is 1. The van der Waals surface area contributed by atoms with E-state index < -0.39 is 0 Å². The standard InChI is InChI=1S/C13H16BrNOS/c1-4-15-12(10-5-6-11(14)16-10)13-8(2)7-9(3)17-13/h5-7,12,15H,4H2,1-3H3. The molecule has 2 rings (SSSR count). The third kappa shape index (κ3) is 2.81. The van der Waals surface area contributed by atoms with E-state index in [1.807, 2.05) is 23.5 Å². The molecule has 1 unspecified atom stereocenters. The Morgan fingerprint density at radius 3 is 2.65 bits per heavy atom. The molecule has 0 aliphatic heterocycles. The van der Waals surface area contributed by atoms with E-state index in [-0.39, 0.29) is 6.04 Å². The van der Waals surface area contributed by atoms with Gasteiger partial charge < -0.3 is 9.73 Å². The van der Waals surface area contributed by atoms with Gasteiger partial charge in [0, 0.05) is 9.75 Å². The molecule has 2 heterocycles. The van der Waals surface area contributed by atoms with E-state index in [2.05, 4.69) is 48.1 Å². The van der Waals surface area contributed by atoms with Crippen molar-refractivity contribution in [3.63, 3.8) is 0 Å². The summed E-state index contributed by atoms with van der Waals surface area (Å²) in [5.74, 6) is 0.962. The number of nitrogens with one attached hydrogen (secondary N) is 1. The molecule has 0 spiro atoms. The fourth-order valence-electron chi connectivity index (χ4n) is 1.96. The zero-order valence-corrected chi connectivity index (χ0v) is 12.6. The van der Waals surface area contributed by atoms with E-state index in [9.17, 15) is 0 Å². The van der Waals surface area contributed by atoms with Crippen LogP contribution in [0.15, 0.2) is 27.3 Å². The van der Waals surface area contributed by atoms with Gasteiger partial charge in [-0.25, -0.2) is 0 Å². The predicted molar refractivity (Wildman–Crippen MR) is 75.7 cm³/mol. The first kappa shape index (κ1) is 12.9. The van der Waals surface area contributed by atoms with Crippen LogP contribution >= 0.6 is 27.3 Å². The van der Waals surface area contributed by atoms with Crippen LogP contribution in [0.5, 0.6) is 0 Å². The first-order valence-corrected chi connectivity index (χ1v) is 7.28. The largest absolute Gasteiger partial charge is 0.452 e. The van der Waals surface area contributed by atoms with Crippen LogP contribution < -0.4 is 5.32 Å². The van der Waals surface area contributed by atoms with Crippen molar-refractivity contribution < 1.29 is 4.42 Å². The number of rotatable bonds is 4. The molecule has 0 bridgehead atoms. The van der Waals surface area contributed by atoms with Crippen molar-refractivity contribution in [1.82, 2.24) is 5.32 Å². The molecule has 1 atom stereocenters. The van der Waals surface area contributed by atoms with Gasteiger partial charge in [0.15, 0.2) is 4.67 Å². The molecule has 0 radical (unpaired) electrons. The van der Waals surface area contributed by atoms with Gasteiger partial charge in [-0.05, 0) is 60.1 Å². The zero-order valence-electron chi connectivity index (χ0n) is 10.2. The fraction of sp³-hybridized carbons (Fsp3) is 0.385. The minimum atomic E-state index is 0.157. The molecule has 0 saturated carbocycles. The summed E-state index contributed by atoms with van der Waals surface area (Å²) in [6, 6.07) is 6.34. The van der Waals surface area contributed by atoms with Crippen molar-refractivity contribution in [3.8, 4) is 0 Å². The number of furan rings is 1. The van der Waals surface area contributed by atoms with Gasteiger partial charge >= 0.3 is 0 Å². The third-order valence-corrected chi connectivity index (χ3v) is 4.27. The number of hydrogen-bond acceptors (Lipinski definition) is 3. The molecule has 4 heteroatoms. The molecule has 0 saturated heterocycles. The molecule has 2 aromatic rings. The summed E-state index contributed by atoms with van der Waals surface area (Å²) in [7, 11) is 0. The topological polar surface area (TPSA) is 25.2 Å². The Hall–Kier alpha value is -0.580. The maximum atomic E-state index is 5.68. The van der Waals surface area contributed by atoms with E-state index in [1.165, 1.54) is 15.3 Å². The highest BCUT2D eigenvalue weighted by atomic mass is 79.9. The van der Waals surface area contributed by atoms with Crippen LogP contribution in [0, 0.1) is 13.8 Å². The van der Waals surface area contributed by atoms with Gasteiger partial charge in [0.25, 0.3) is 0 Å². The fourth-order valence-corrected chi connectivity index (χ4v) is 3.39. The average Bonchev–Trinajstić information content (AvgIpc) is 2.82. The summed E-state index contributed by atoms with van der Waals surface area (Å²) in [4.78, 5) is 2.68. The Balaban J connectivity index is 2.38. The molecule has 1 N–H and O–H groups in total. The molecule has 0 aliphatic carbocycles. The summed E-state index contributed by atoms with van der Waals surface area (Å²) in [6.45, 7) is 7.32. The first-order chi connectivity index (χ1) is 8.11. The lowest BCUT2D eigenvalue weighted by molar-refractivity contribution is 0.440. The molecule has 92 valence electrons. The Kier molecular flexibility index (Phi) is 4.07. The molecule has 0 amide bonds. The average molecular weight is 314 g/mol. The van der Waals surface area contributed by atoms with E-state index in [0.717, 1.165) is 17.0 Å². The monoisotopic (exact) mass is 313 g/mol. The molecular formula is C13H16BrNOS. The first-order valence-electron chi connectivity index (χ1n) is 5.67. The van der Waals surface area contributed by atoms with Crippen molar-refractivity contribution in [3.05, 3.63) is 43.9 Å². The van der Waals surface area contributed by atoms with Crippen LogP contribution in [-0.4, -0.2) is 6.54 Å². The second kappa shape index (κ2) is 5.38. The quantitative estimate of drug-likeness (QED) is 0.904. The zero-order chi connectivity index (χ0) is 12.4. The van der Waals surface area contributed by atoms with Gasteiger partial charge in [-0.15, -0.1) is 11.3 Å². The molecule has 0 aliphatic rings. The van der Waals surface area contributed by atoms with Gasteiger partial charge in [-0.1, -0.05) is 6.92 Å². The van der Waals surface area contributed by atoms with Crippen LogP contribution in [0.25, 0.3) is 0 Å². The van der Waals surface area contributed by atoms with Crippen molar-refractivity contribution in [1.29, 1.82) is 0 Å². The van der Waals surface area contributed by atoms with Crippen LogP contribution in [0.1, 0.15) is 34.0 Å². The van der Waals surface area contributed by atoms with E-state index in [4.69, 9.17) is 4.42 Å². The van der Waals surface area contributed by atoms with Crippen LogP contribution in [0.2, 0.25) is 0 Å². The second-order valence-corrected chi connectivity index (χ2v) is 6.11. The minimum Gasteiger partial charge on any atom is -0.452 e. The Morgan fingerprint density at radius 1 is 1.41 bits per heavy atom. The van der Waals surface area contributed by atoms with Crippen molar-refractivity contribution >= 4 is 27.3 Å². The van der Waals surface area contributed by atoms with Crippen molar-refractivity contribution in [2.75, 3.05) is 6.54 Å². The maximum absolute atomic E-state index is 5.68. The Bertz CT molecular complexity index is 503. The summed E-state index contributed by atoms with van der Waals surface area (Å²) in [5.41, 5.74) is 1.32. The van der Waals surface area contributed by atoms with Crippen molar-refractivity contribution in [2.45, 2.75) is 26.8 Å². The second-order valence-electron chi connectivity index (χ2n) is 4.04. The number of hydrogen-bond donors (Lipinski definition) is 1. The smallest absolute Gasteiger partial charge is 0.169 e. The third-order valence-electron chi connectivity index (χ3n) is 2.63. The van der Waals surface area contributed by atoms with Gasteiger partial charge in [0.1, 0.15) is 11.8 Å². The lowest BCUT2D eigenvalue weighted by Crippen LogP contribution is -2.21. The van der Waals surface area contributed by atoms with E-state index in [0.29, 0.717) is 0 Å². The van der Waals surface area contributed by atoms with Gasteiger partial charge in [-0.3, -0.25) is 0 Å². The van der Waals surface area contributed by atoms with Gasteiger partial charge in [-0.2, -0.15) is 0 Å². The van der Waals surface area contributed by atoms with Crippen LogP contribution in [-0.2, 0) is 0 Å². The SMILES string of the molecule is CCNC(c1ccc(Br)o1)c1sc(C)cc1C. The van der Waals surface area contributed by atoms with Gasteiger partial charge in [0.2, 0.25) is 0 Å². The van der Waals surface area contributed by atoms with E-state index >= 15 is 0 Å². The summed E-state index contributed by atoms with van der Waals surface area (Å²) < 4.78 is 6.46. The summed E-state index contributed by atoms with van der Waals surface area (Å²) in [5, 5.41) is 3.48. The van der Waals surface area contributed by atoms with Crippen molar-refractivity contribution in [2.24, 2.45) is 0 Å². The normalized spacial score (nSPS) is 12.9. The molecule has 0 aromatic carbocycles. The summed E-state index contributed by atoms with van der Waals surface area (Å²) in [6.07, 6.45) is 0. The molecule has 17 heavy (non-hydrogen) atoms. The lowest BCUT2D eigenvalue weighted by atomic mass is 10.1. The molecule has 2 nitrogen and oxygen atoms in total. The minimum absolute atomic E-state index is 0.157. The Morgan fingerprint density at radius 2 is 2.18 bits per heavy atom. The van der Waals surface area contributed by atoms with Gasteiger partial charge in [0.05, 0.1) is 0 Å². The van der Waals surface area contributed by atoms with E-state index in [1.54, 1.807) is 0 Å². The number of thiophene rings is 1. The lowest BCUT2D eigenvalue weighted by Gasteiger charge is -2.15. The molecule has 2 aromatic heterocycles. The highest BCUT2D eigenvalue weighted by Gasteiger charge is 2.20. The van der Waals surface area contributed by atoms with Crippen LogP contribution in [0.4, 0.5) is 0 Å². The predicted octanol–water partition coefficient (Wildman–Crippen LogP) is 4.42. The number of aryl methyl sites for hydroxylation is 2.